The minimum absolute atomic E-state index is 0.133. The zero-order valence-corrected chi connectivity index (χ0v) is 7.68. The first-order valence-electron chi connectivity index (χ1n) is 4.24. The van der Waals surface area contributed by atoms with Crippen LogP contribution in [0.2, 0.25) is 0 Å². The summed E-state index contributed by atoms with van der Waals surface area (Å²) in [4.78, 5) is 3.94. The molecule has 15 heavy (non-hydrogen) atoms. The average molecular weight is 205 g/mol. The zero-order valence-electron chi connectivity index (χ0n) is 7.68. The maximum atomic E-state index is 13.0. The van der Waals surface area contributed by atoms with Crippen molar-refractivity contribution in [1.29, 1.82) is 0 Å². The fourth-order valence-electron chi connectivity index (χ4n) is 1.39. The van der Waals surface area contributed by atoms with E-state index < -0.39 is 0 Å². The Hall–Kier alpha value is -2.17. The number of benzene rings is 1. The summed E-state index contributed by atoms with van der Waals surface area (Å²) in [6, 6.07) is 5.98. The number of halogens is 1. The maximum absolute atomic E-state index is 13.0. The molecule has 76 valence electrons. The lowest BCUT2D eigenvalue weighted by Gasteiger charge is -2.03. The maximum Gasteiger partial charge on any atom is 0.189 e. The number of rotatable bonds is 1. The second-order valence-corrected chi connectivity index (χ2v) is 3.01. The quantitative estimate of drug-likeness (QED) is 0.320. The van der Waals surface area contributed by atoms with Crippen molar-refractivity contribution in [3.63, 3.8) is 0 Å². The molecule has 0 radical (unpaired) electrons. The molecular formula is C10H8FN3O. The Labute approximate surface area is 84.8 Å². The highest BCUT2D eigenvalue weighted by atomic mass is 19.1. The molecule has 0 atom stereocenters. The molecule has 1 aromatic heterocycles. The highest BCUT2D eigenvalue weighted by molar-refractivity contribution is 6.06. The van der Waals surface area contributed by atoms with E-state index in [2.05, 4.69) is 10.1 Å². The number of hydrogen-bond donors (Lipinski definition) is 2. The minimum atomic E-state index is -0.387. The fraction of sp³-hybridized carbons (Fsp3) is 0. The number of hydrogen-bond acceptors (Lipinski definition) is 3. The molecule has 0 amide bonds. The Bertz CT molecular complexity index is 539. The molecule has 4 nitrogen and oxygen atoms in total. The van der Waals surface area contributed by atoms with Crippen LogP contribution < -0.4 is 5.73 Å². The molecular weight excluding hydrogens is 197 g/mol. The number of nitrogens with two attached hydrogens (primary N) is 1. The lowest BCUT2D eigenvalue weighted by molar-refractivity contribution is 0.318. The van der Waals surface area contributed by atoms with Gasteiger partial charge in [0.15, 0.2) is 5.84 Å². The number of nitrogens with zero attached hydrogens (tertiary/aromatic N) is 2. The third-order valence-corrected chi connectivity index (χ3v) is 2.08. The molecule has 0 aliphatic rings. The van der Waals surface area contributed by atoms with Gasteiger partial charge in [-0.2, -0.15) is 0 Å². The van der Waals surface area contributed by atoms with Gasteiger partial charge in [0.1, 0.15) is 11.5 Å². The van der Waals surface area contributed by atoms with E-state index in [0.29, 0.717) is 5.39 Å². The standard InChI is InChI=1S/C10H8FN3O/c11-7-2-1-6-3-4-13-9(8(6)5-7)10(12)14-15/h1-5,15H,(H2,12,14). The third-order valence-electron chi connectivity index (χ3n) is 2.08. The smallest absolute Gasteiger partial charge is 0.189 e. The van der Waals surface area contributed by atoms with Gasteiger partial charge < -0.3 is 10.9 Å². The number of fused-ring (bicyclic) bond motifs is 1. The first-order chi connectivity index (χ1) is 7.22. The first kappa shape index (κ1) is 9.39. The monoisotopic (exact) mass is 205 g/mol. The molecule has 0 spiro atoms. The van der Waals surface area contributed by atoms with Crippen LogP contribution in [-0.2, 0) is 0 Å². The van der Waals surface area contributed by atoms with Gasteiger partial charge in [0.05, 0.1) is 0 Å². The molecule has 1 heterocycles. The van der Waals surface area contributed by atoms with Crippen LogP contribution in [0, 0.1) is 5.82 Å². The van der Waals surface area contributed by atoms with Crippen molar-refractivity contribution in [2.24, 2.45) is 10.9 Å². The van der Waals surface area contributed by atoms with Crippen molar-refractivity contribution in [2.45, 2.75) is 0 Å². The van der Waals surface area contributed by atoms with Gasteiger partial charge in [0.25, 0.3) is 0 Å². The molecule has 2 aromatic rings. The highest BCUT2D eigenvalue weighted by Crippen LogP contribution is 2.17. The summed E-state index contributed by atoms with van der Waals surface area (Å²) < 4.78 is 13.0. The van der Waals surface area contributed by atoms with Gasteiger partial charge in [-0.3, -0.25) is 4.98 Å². The van der Waals surface area contributed by atoms with E-state index in [1.165, 1.54) is 18.3 Å². The van der Waals surface area contributed by atoms with Crippen LogP contribution in [0.25, 0.3) is 10.8 Å². The second kappa shape index (κ2) is 3.53. The number of aromatic nitrogens is 1. The van der Waals surface area contributed by atoms with E-state index in [1.54, 1.807) is 12.1 Å². The van der Waals surface area contributed by atoms with E-state index in [-0.39, 0.29) is 17.3 Å². The van der Waals surface area contributed by atoms with Crippen LogP contribution in [-0.4, -0.2) is 16.0 Å². The molecule has 2 rings (SSSR count). The first-order valence-corrected chi connectivity index (χ1v) is 4.24. The normalized spacial score (nSPS) is 11.9. The van der Waals surface area contributed by atoms with Gasteiger partial charge in [-0.15, -0.1) is 0 Å². The molecule has 0 aliphatic heterocycles. The van der Waals surface area contributed by atoms with Crippen LogP contribution in [0.5, 0.6) is 0 Å². The fourth-order valence-corrected chi connectivity index (χ4v) is 1.39. The van der Waals surface area contributed by atoms with E-state index in [1.807, 2.05) is 0 Å². The molecule has 0 aliphatic carbocycles. The summed E-state index contributed by atoms with van der Waals surface area (Å²) in [5.41, 5.74) is 5.70. The van der Waals surface area contributed by atoms with Crippen molar-refractivity contribution >= 4 is 16.6 Å². The summed E-state index contributed by atoms with van der Waals surface area (Å²) in [5, 5.41) is 12.7. The molecule has 0 unspecified atom stereocenters. The highest BCUT2D eigenvalue weighted by Gasteiger charge is 2.07. The Balaban J connectivity index is 2.79. The predicted octanol–water partition coefficient (Wildman–Crippen LogP) is 1.47. The van der Waals surface area contributed by atoms with Crippen molar-refractivity contribution in [3.05, 3.63) is 42.0 Å². The summed E-state index contributed by atoms with van der Waals surface area (Å²) in [6.07, 6.45) is 1.52. The van der Waals surface area contributed by atoms with Crippen LogP contribution in [0.15, 0.2) is 35.6 Å². The summed E-state index contributed by atoms with van der Waals surface area (Å²) in [6.45, 7) is 0. The van der Waals surface area contributed by atoms with Crippen LogP contribution in [0.3, 0.4) is 0 Å². The van der Waals surface area contributed by atoms with Crippen molar-refractivity contribution in [1.82, 2.24) is 4.98 Å². The van der Waals surface area contributed by atoms with E-state index in [4.69, 9.17) is 10.9 Å². The van der Waals surface area contributed by atoms with Crippen molar-refractivity contribution in [3.8, 4) is 0 Å². The molecule has 0 saturated heterocycles. The lowest BCUT2D eigenvalue weighted by Crippen LogP contribution is -2.15. The van der Waals surface area contributed by atoms with E-state index >= 15 is 0 Å². The van der Waals surface area contributed by atoms with Gasteiger partial charge in [0, 0.05) is 11.6 Å². The Morgan fingerprint density at radius 3 is 2.93 bits per heavy atom. The SMILES string of the molecule is N/C(=N/O)c1nccc2ccc(F)cc12. The summed E-state index contributed by atoms with van der Waals surface area (Å²) in [5.74, 6) is -0.520. The summed E-state index contributed by atoms with van der Waals surface area (Å²) in [7, 11) is 0. The number of pyridine rings is 1. The Morgan fingerprint density at radius 2 is 2.20 bits per heavy atom. The third kappa shape index (κ3) is 1.59. The Kier molecular flexibility index (Phi) is 2.21. The largest absolute Gasteiger partial charge is 0.409 e. The average Bonchev–Trinajstić information content (AvgIpc) is 2.27. The number of oxime groups is 1. The van der Waals surface area contributed by atoms with Gasteiger partial charge in [-0.05, 0) is 23.6 Å². The molecule has 0 bridgehead atoms. The van der Waals surface area contributed by atoms with Gasteiger partial charge in [0.2, 0.25) is 0 Å². The zero-order chi connectivity index (χ0) is 10.8. The van der Waals surface area contributed by atoms with Crippen molar-refractivity contribution in [2.75, 3.05) is 0 Å². The van der Waals surface area contributed by atoms with E-state index in [0.717, 1.165) is 5.39 Å². The summed E-state index contributed by atoms with van der Waals surface area (Å²) >= 11 is 0. The minimum Gasteiger partial charge on any atom is -0.409 e. The molecule has 0 saturated carbocycles. The number of amidine groups is 1. The Morgan fingerprint density at radius 1 is 1.40 bits per heavy atom. The van der Waals surface area contributed by atoms with Crippen LogP contribution >= 0.6 is 0 Å². The molecule has 3 N–H and O–H groups in total. The molecule has 1 aromatic carbocycles. The molecule has 0 fully saturated rings. The van der Waals surface area contributed by atoms with Crippen LogP contribution in [0.4, 0.5) is 4.39 Å². The predicted molar refractivity (Wildman–Crippen MR) is 54.2 cm³/mol. The van der Waals surface area contributed by atoms with Gasteiger partial charge >= 0.3 is 0 Å². The molecule has 5 heteroatoms. The topological polar surface area (TPSA) is 71.5 Å². The van der Waals surface area contributed by atoms with E-state index in [9.17, 15) is 4.39 Å². The van der Waals surface area contributed by atoms with Crippen molar-refractivity contribution < 1.29 is 9.60 Å². The second-order valence-electron chi connectivity index (χ2n) is 3.01. The van der Waals surface area contributed by atoms with Gasteiger partial charge in [-0.1, -0.05) is 11.2 Å². The van der Waals surface area contributed by atoms with Gasteiger partial charge in [-0.25, -0.2) is 4.39 Å². The lowest BCUT2D eigenvalue weighted by atomic mass is 10.1. The van der Waals surface area contributed by atoms with Crippen LogP contribution in [0.1, 0.15) is 5.69 Å².